The van der Waals surface area contributed by atoms with E-state index in [4.69, 9.17) is 11.6 Å². The van der Waals surface area contributed by atoms with Crippen LogP contribution in [0, 0.1) is 0 Å². The van der Waals surface area contributed by atoms with Gasteiger partial charge in [0.15, 0.2) is 0 Å². The molecule has 0 amide bonds. The lowest BCUT2D eigenvalue weighted by molar-refractivity contribution is -0.254. The van der Waals surface area contributed by atoms with E-state index < -0.39 is 11.2 Å². The van der Waals surface area contributed by atoms with Gasteiger partial charge in [0.1, 0.15) is 0 Å². The van der Waals surface area contributed by atoms with E-state index in [1.807, 2.05) is 6.07 Å². The van der Waals surface area contributed by atoms with Crippen molar-refractivity contribution in [3.8, 4) is 11.1 Å². The summed E-state index contributed by atoms with van der Waals surface area (Å²) in [5.41, 5.74) is 1.39. The summed E-state index contributed by atoms with van der Waals surface area (Å²) in [5.74, 6) is -1.29. The predicted octanol–water partition coefficient (Wildman–Crippen LogP) is 2.10. The fourth-order valence-corrected chi connectivity index (χ4v) is 1.82. The van der Waals surface area contributed by atoms with E-state index in [2.05, 4.69) is 0 Å². The molecule has 90 valence electrons. The van der Waals surface area contributed by atoms with Gasteiger partial charge in [0, 0.05) is 11.1 Å². The maximum Gasteiger partial charge on any atom is 0.252 e. The highest BCUT2D eigenvalue weighted by Crippen LogP contribution is 2.25. The van der Waals surface area contributed by atoms with E-state index in [9.17, 15) is 14.7 Å². The highest BCUT2D eigenvalue weighted by molar-refractivity contribution is 6.67. The van der Waals surface area contributed by atoms with Crippen LogP contribution >= 0.6 is 11.6 Å². The molecular weight excluding hydrogens is 252 g/mol. The summed E-state index contributed by atoms with van der Waals surface area (Å²) >= 11 is 5.39. The zero-order chi connectivity index (χ0) is 13.1. The van der Waals surface area contributed by atoms with E-state index >= 15 is 0 Å². The molecule has 0 aliphatic heterocycles. The predicted molar refractivity (Wildman–Crippen MR) is 66.4 cm³/mol. The molecule has 0 N–H and O–H groups in total. The van der Waals surface area contributed by atoms with Crippen molar-refractivity contribution < 1.29 is 14.7 Å². The number of benzene rings is 2. The van der Waals surface area contributed by atoms with Crippen molar-refractivity contribution in [1.29, 1.82) is 0 Å². The van der Waals surface area contributed by atoms with Gasteiger partial charge in [0.25, 0.3) is 5.24 Å². The Kier molecular flexibility index (Phi) is 3.44. The van der Waals surface area contributed by atoms with Crippen LogP contribution in [0.15, 0.2) is 48.5 Å². The highest BCUT2D eigenvalue weighted by atomic mass is 35.5. The number of hydrogen-bond acceptors (Lipinski definition) is 3. The first-order valence-electron chi connectivity index (χ1n) is 5.20. The number of hydrogen-bond donors (Lipinski definition) is 0. The molecular formula is C14H8ClO3-. The van der Waals surface area contributed by atoms with Crippen LogP contribution < -0.4 is 5.11 Å². The quantitative estimate of drug-likeness (QED) is 0.793. The minimum absolute atomic E-state index is 0.0304. The van der Waals surface area contributed by atoms with Crippen molar-refractivity contribution in [2.24, 2.45) is 0 Å². The fourth-order valence-electron chi connectivity index (χ4n) is 1.70. The second-order valence-corrected chi connectivity index (χ2v) is 4.03. The van der Waals surface area contributed by atoms with Crippen molar-refractivity contribution in [2.75, 3.05) is 0 Å². The second kappa shape index (κ2) is 5.02. The van der Waals surface area contributed by atoms with Gasteiger partial charge in [0.2, 0.25) is 0 Å². The van der Waals surface area contributed by atoms with Crippen LogP contribution in [-0.4, -0.2) is 11.2 Å². The van der Waals surface area contributed by atoms with Gasteiger partial charge in [-0.25, -0.2) is 0 Å². The third kappa shape index (κ3) is 2.41. The van der Waals surface area contributed by atoms with Crippen molar-refractivity contribution >= 4 is 22.8 Å². The van der Waals surface area contributed by atoms with Gasteiger partial charge in [0.05, 0.1) is 5.97 Å². The minimum Gasteiger partial charge on any atom is -0.545 e. The summed E-state index contributed by atoms with van der Waals surface area (Å²) in [6, 6.07) is 13.0. The Balaban J connectivity index is 2.65. The number of carboxylic acids is 1. The molecule has 0 saturated heterocycles. The zero-order valence-corrected chi connectivity index (χ0v) is 9.98. The average molecular weight is 260 g/mol. The smallest absolute Gasteiger partial charge is 0.252 e. The standard InChI is InChI=1S/C14H9ClO3/c15-13(16)10-6-7-11(14(17)18)12(8-10)9-4-2-1-3-5-9/h1-8H,(H,17,18)/p-1. The molecule has 0 unspecified atom stereocenters. The lowest BCUT2D eigenvalue weighted by Gasteiger charge is -2.11. The number of carbonyl (C=O) groups excluding carboxylic acids is 2. The van der Waals surface area contributed by atoms with Gasteiger partial charge in [-0.05, 0) is 34.9 Å². The third-order valence-electron chi connectivity index (χ3n) is 2.55. The van der Waals surface area contributed by atoms with Gasteiger partial charge in [-0.15, -0.1) is 0 Å². The molecule has 4 heteroatoms. The van der Waals surface area contributed by atoms with Crippen LogP contribution in [0.1, 0.15) is 20.7 Å². The summed E-state index contributed by atoms with van der Waals surface area (Å²) < 4.78 is 0. The molecule has 0 saturated carbocycles. The molecule has 3 nitrogen and oxygen atoms in total. The Morgan fingerprint density at radius 2 is 1.67 bits per heavy atom. The topological polar surface area (TPSA) is 57.2 Å². The van der Waals surface area contributed by atoms with Crippen LogP contribution in [0.25, 0.3) is 11.1 Å². The summed E-state index contributed by atoms with van der Waals surface area (Å²) in [7, 11) is 0. The van der Waals surface area contributed by atoms with Crippen LogP contribution in [0.3, 0.4) is 0 Å². The zero-order valence-electron chi connectivity index (χ0n) is 9.22. The largest absolute Gasteiger partial charge is 0.545 e. The maximum absolute atomic E-state index is 11.1. The Labute approximate surface area is 109 Å². The van der Waals surface area contributed by atoms with Crippen LogP contribution in [-0.2, 0) is 0 Å². The summed E-state index contributed by atoms with van der Waals surface area (Å²) in [5, 5.41) is 10.4. The van der Waals surface area contributed by atoms with Crippen LogP contribution in [0.5, 0.6) is 0 Å². The molecule has 0 spiro atoms. The molecule has 0 aromatic heterocycles. The molecule has 2 rings (SSSR count). The first-order chi connectivity index (χ1) is 8.59. The Morgan fingerprint density at radius 1 is 1.00 bits per heavy atom. The van der Waals surface area contributed by atoms with Crippen LogP contribution in [0.4, 0.5) is 0 Å². The molecule has 0 heterocycles. The molecule has 0 radical (unpaired) electrons. The van der Waals surface area contributed by atoms with Gasteiger partial charge < -0.3 is 9.90 Å². The lowest BCUT2D eigenvalue weighted by atomic mass is 9.97. The molecule has 0 atom stereocenters. The Hall–Kier alpha value is -2.13. The molecule has 0 bridgehead atoms. The van der Waals surface area contributed by atoms with E-state index in [0.717, 1.165) is 0 Å². The first-order valence-corrected chi connectivity index (χ1v) is 5.58. The van der Waals surface area contributed by atoms with Gasteiger partial charge >= 0.3 is 0 Å². The Morgan fingerprint density at radius 3 is 2.22 bits per heavy atom. The number of carboxylic acid groups (broad SMARTS) is 1. The lowest BCUT2D eigenvalue weighted by Crippen LogP contribution is -2.23. The molecule has 2 aromatic carbocycles. The van der Waals surface area contributed by atoms with E-state index in [-0.39, 0.29) is 11.1 Å². The number of aromatic carboxylic acids is 1. The number of rotatable bonds is 3. The fraction of sp³-hybridized carbons (Fsp3) is 0. The maximum atomic E-state index is 11.1. The monoisotopic (exact) mass is 259 g/mol. The second-order valence-electron chi connectivity index (χ2n) is 3.69. The van der Waals surface area contributed by atoms with E-state index in [1.54, 1.807) is 24.3 Å². The van der Waals surface area contributed by atoms with Crippen molar-refractivity contribution in [2.45, 2.75) is 0 Å². The van der Waals surface area contributed by atoms with Gasteiger partial charge in [-0.1, -0.05) is 36.4 Å². The van der Waals surface area contributed by atoms with Crippen molar-refractivity contribution in [1.82, 2.24) is 0 Å². The summed E-state index contributed by atoms with van der Waals surface area (Å²) in [4.78, 5) is 22.2. The molecule has 2 aromatic rings. The van der Waals surface area contributed by atoms with E-state index in [1.165, 1.54) is 18.2 Å². The normalized spacial score (nSPS) is 10.1. The van der Waals surface area contributed by atoms with Gasteiger partial charge in [-0.3, -0.25) is 4.79 Å². The highest BCUT2D eigenvalue weighted by Gasteiger charge is 2.10. The van der Waals surface area contributed by atoms with E-state index in [0.29, 0.717) is 11.1 Å². The number of carbonyl (C=O) groups is 2. The Bertz CT molecular complexity index is 606. The number of halogens is 1. The molecule has 0 aliphatic carbocycles. The van der Waals surface area contributed by atoms with Gasteiger partial charge in [-0.2, -0.15) is 0 Å². The van der Waals surface area contributed by atoms with Crippen molar-refractivity contribution in [3.05, 3.63) is 59.7 Å². The molecule has 0 aliphatic rings. The minimum atomic E-state index is -1.29. The molecule has 0 fully saturated rings. The van der Waals surface area contributed by atoms with Crippen molar-refractivity contribution in [3.63, 3.8) is 0 Å². The molecule has 18 heavy (non-hydrogen) atoms. The summed E-state index contributed by atoms with van der Waals surface area (Å²) in [6.07, 6.45) is 0. The summed E-state index contributed by atoms with van der Waals surface area (Å²) in [6.45, 7) is 0. The average Bonchev–Trinajstić information content (AvgIpc) is 2.39. The first kappa shape index (κ1) is 12.3. The third-order valence-corrected chi connectivity index (χ3v) is 2.77. The SMILES string of the molecule is O=C(Cl)c1ccc(C(=O)[O-])c(-c2ccccc2)c1. The van der Waals surface area contributed by atoms with Crippen LogP contribution in [0.2, 0.25) is 0 Å².